The first-order chi connectivity index (χ1) is 14.6. The van der Waals surface area contributed by atoms with Crippen molar-refractivity contribution in [1.29, 1.82) is 0 Å². The van der Waals surface area contributed by atoms with Gasteiger partial charge >= 0.3 is 0 Å². The van der Waals surface area contributed by atoms with Gasteiger partial charge in [0.1, 0.15) is 5.78 Å². The van der Waals surface area contributed by atoms with Crippen molar-refractivity contribution in [2.75, 3.05) is 0 Å². The van der Waals surface area contributed by atoms with Gasteiger partial charge in [0.05, 0.1) is 11.0 Å². The lowest BCUT2D eigenvalue weighted by Crippen LogP contribution is -2.53. The fraction of sp³-hybridized carbons (Fsp3) is 0.731. The summed E-state index contributed by atoms with van der Waals surface area (Å²) in [6.45, 7) is 6.76. The van der Waals surface area contributed by atoms with Crippen molar-refractivity contribution in [2.24, 2.45) is 34.5 Å². The Bertz CT molecular complexity index is 968. The first-order valence-corrected chi connectivity index (χ1v) is 13.5. The number of ketones is 1. The van der Waals surface area contributed by atoms with Gasteiger partial charge < -0.3 is 0 Å². The van der Waals surface area contributed by atoms with Gasteiger partial charge in [-0.1, -0.05) is 31.5 Å². The van der Waals surface area contributed by atoms with Gasteiger partial charge in [0, 0.05) is 12.8 Å². The molecular formula is C26H36O4S. The summed E-state index contributed by atoms with van der Waals surface area (Å²) in [5.41, 5.74) is 1.52. The molecule has 31 heavy (non-hydrogen) atoms. The summed E-state index contributed by atoms with van der Waals surface area (Å²) in [4.78, 5) is 12.5. The molecule has 0 spiro atoms. The largest absolute Gasteiger partial charge is 0.300 e. The quantitative estimate of drug-likeness (QED) is 0.563. The molecule has 4 fully saturated rings. The number of fused-ring (bicyclic) bond motifs is 5. The van der Waals surface area contributed by atoms with Crippen LogP contribution >= 0.6 is 0 Å². The van der Waals surface area contributed by atoms with Crippen LogP contribution in [-0.2, 0) is 19.1 Å². The van der Waals surface area contributed by atoms with Crippen LogP contribution in [0, 0.1) is 41.4 Å². The predicted molar refractivity (Wildman–Crippen MR) is 120 cm³/mol. The Hall–Kier alpha value is -1.20. The Morgan fingerprint density at radius 2 is 1.71 bits per heavy atom. The van der Waals surface area contributed by atoms with Crippen LogP contribution in [0.3, 0.4) is 0 Å². The summed E-state index contributed by atoms with van der Waals surface area (Å²) < 4.78 is 31.4. The van der Waals surface area contributed by atoms with Crippen molar-refractivity contribution in [3.05, 3.63) is 29.8 Å². The summed E-state index contributed by atoms with van der Waals surface area (Å²) in [6, 6.07) is 6.93. The first kappa shape index (κ1) is 21.6. The monoisotopic (exact) mass is 444 g/mol. The second-order valence-corrected chi connectivity index (χ2v) is 13.1. The zero-order valence-corrected chi connectivity index (χ0v) is 19.9. The maximum Gasteiger partial charge on any atom is 0.297 e. The lowest BCUT2D eigenvalue weighted by atomic mass is 9.45. The highest BCUT2D eigenvalue weighted by Gasteiger charge is 2.59. The molecule has 1 aromatic rings. The number of carbonyl (C=O) groups is 1. The lowest BCUT2D eigenvalue weighted by Gasteiger charge is -2.60. The number of rotatable bonds is 3. The molecule has 0 radical (unpaired) electrons. The van der Waals surface area contributed by atoms with E-state index < -0.39 is 10.1 Å². The summed E-state index contributed by atoms with van der Waals surface area (Å²) in [7, 11) is -3.72. The molecule has 4 saturated carbocycles. The molecule has 0 heterocycles. The first-order valence-electron chi connectivity index (χ1n) is 12.1. The number of hydrogen-bond donors (Lipinski definition) is 0. The topological polar surface area (TPSA) is 60.4 Å². The molecule has 0 amide bonds. The highest BCUT2D eigenvalue weighted by molar-refractivity contribution is 7.86. The molecule has 7 atom stereocenters. The summed E-state index contributed by atoms with van der Waals surface area (Å²) >= 11 is 0. The maximum atomic E-state index is 12.8. The van der Waals surface area contributed by atoms with Crippen LogP contribution in [0.4, 0.5) is 0 Å². The molecule has 4 aliphatic carbocycles. The molecule has 170 valence electrons. The summed E-state index contributed by atoms with van der Waals surface area (Å²) in [5, 5.41) is 0. The molecule has 0 aromatic heterocycles. The number of Topliss-reactive ketones (excluding diaryl/α,β-unsaturated/α-hetero) is 1. The van der Waals surface area contributed by atoms with E-state index in [0.717, 1.165) is 44.1 Å². The smallest absolute Gasteiger partial charge is 0.297 e. The zero-order chi connectivity index (χ0) is 22.0. The van der Waals surface area contributed by atoms with Gasteiger partial charge in [0.15, 0.2) is 0 Å². The van der Waals surface area contributed by atoms with Crippen LogP contribution in [0.2, 0.25) is 0 Å². The minimum atomic E-state index is -3.72. The van der Waals surface area contributed by atoms with Crippen molar-refractivity contribution >= 4 is 15.9 Å². The maximum absolute atomic E-state index is 12.8. The van der Waals surface area contributed by atoms with Gasteiger partial charge in [-0.2, -0.15) is 8.42 Å². The SMILES string of the molecule is Cc1ccc(S(=O)(=O)O[C@@H]2CC[C@@]3(C)[C@@H](CC[C@@H]4[C@H]5CC(=O)C[C@]5(C)CC[C@H]43)C2)cc1. The standard InChI is InChI=1S/C26H36O4S/c1-17-4-7-21(8-5-17)31(28,29)30-20-10-13-26(3)18(14-20)6-9-22-23(26)11-12-25(2)16-19(27)15-24(22)25/h4-5,7-8,18,20,22-24H,6,9-16H2,1-3H3/t18-,20+,22-,23+,24+,25-,26-/m0/s1. The molecule has 4 aliphatic rings. The van der Waals surface area contributed by atoms with Gasteiger partial charge in [-0.3, -0.25) is 8.98 Å². The Labute approximate surface area is 187 Å². The van der Waals surface area contributed by atoms with E-state index in [2.05, 4.69) is 13.8 Å². The van der Waals surface area contributed by atoms with Gasteiger partial charge in [-0.25, -0.2) is 0 Å². The van der Waals surface area contributed by atoms with Crippen molar-refractivity contribution in [1.82, 2.24) is 0 Å². The highest BCUT2D eigenvalue weighted by atomic mass is 32.2. The van der Waals surface area contributed by atoms with Gasteiger partial charge in [0.2, 0.25) is 0 Å². The van der Waals surface area contributed by atoms with E-state index in [9.17, 15) is 13.2 Å². The molecule has 5 rings (SSSR count). The fourth-order valence-corrected chi connectivity index (χ4v) is 9.14. The molecule has 0 bridgehead atoms. The average molecular weight is 445 g/mol. The highest BCUT2D eigenvalue weighted by Crippen LogP contribution is 2.65. The predicted octanol–water partition coefficient (Wildman–Crippen LogP) is 5.68. The van der Waals surface area contributed by atoms with Crippen LogP contribution in [0.1, 0.15) is 77.2 Å². The van der Waals surface area contributed by atoms with E-state index in [1.54, 1.807) is 12.1 Å². The van der Waals surface area contributed by atoms with E-state index in [4.69, 9.17) is 4.18 Å². The number of benzene rings is 1. The number of aryl methyl sites for hydroxylation is 1. The van der Waals surface area contributed by atoms with Crippen LogP contribution in [0.15, 0.2) is 29.2 Å². The third kappa shape index (κ3) is 3.60. The third-order valence-corrected chi connectivity index (χ3v) is 11.1. The average Bonchev–Trinajstić information content (AvgIpc) is 3.02. The Morgan fingerprint density at radius 3 is 2.45 bits per heavy atom. The third-order valence-electron chi connectivity index (χ3n) is 9.76. The van der Waals surface area contributed by atoms with Crippen molar-refractivity contribution in [2.45, 2.75) is 89.6 Å². The molecular weight excluding hydrogens is 408 g/mol. The molecule has 0 unspecified atom stereocenters. The van der Waals surface area contributed by atoms with Crippen molar-refractivity contribution in [3.63, 3.8) is 0 Å². The van der Waals surface area contributed by atoms with Crippen LogP contribution in [0.5, 0.6) is 0 Å². The minimum Gasteiger partial charge on any atom is -0.300 e. The molecule has 1 aromatic carbocycles. The summed E-state index contributed by atoms with van der Waals surface area (Å²) in [5.74, 6) is 2.89. The van der Waals surface area contributed by atoms with E-state index in [-0.39, 0.29) is 21.8 Å². The van der Waals surface area contributed by atoms with Gasteiger partial charge in [-0.05, 0) is 98.5 Å². The second kappa shape index (κ2) is 7.41. The zero-order valence-electron chi connectivity index (χ0n) is 19.1. The fourth-order valence-electron chi connectivity index (χ4n) is 8.03. The second-order valence-electron chi connectivity index (χ2n) is 11.5. The van der Waals surface area contributed by atoms with Crippen molar-refractivity contribution < 1.29 is 17.4 Å². The van der Waals surface area contributed by atoms with E-state index in [0.29, 0.717) is 29.5 Å². The van der Waals surface area contributed by atoms with Crippen LogP contribution in [-0.4, -0.2) is 20.3 Å². The normalized spacial score (nSPS) is 42.5. The van der Waals surface area contributed by atoms with E-state index in [1.165, 1.54) is 19.3 Å². The number of hydrogen-bond acceptors (Lipinski definition) is 4. The lowest BCUT2D eigenvalue weighted by molar-refractivity contribution is -0.119. The number of carbonyl (C=O) groups excluding carboxylic acids is 1. The Kier molecular flexibility index (Phi) is 5.17. The van der Waals surface area contributed by atoms with Crippen molar-refractivity contribution in [3.8, 4) is 0 Å². The molecule has 0 N–H and O–H groups in total. The molecule has 0 aliphatic heterocycles. The Morgan fingerprint density at radius 1 is 0.968 bits per heavy atom. The Balaban J connectivity index is 1.30. The van der Waals surface area contributed by atoms with E-state index >= 15 is 0 Å². The summed E-state index contributed by atoms with van der Waals surface area (Å²) in [6.07, 6.45) is 8.77. The van der Waals surface area contributed by atoms with Crippen LogP contribution in [0.25, 0.3) is 0 Å². The van der Waals surface area contributed by atoms with Gasteiger partial charge in [0.25, 0.3) is 10.1 Å². The van der Waals surface area contributed by atoms with Crippen LogP contribution < -0.4 is 0 Å². The minimum absolute atomic E-state index is 0.220. The van der Waals surface area contributed by atoms with E-state index in [1.807, 2.05) is 19.1 Å². The molecule has 4 nitrogen and oxygen atoms in total. The molecule has 5 heteroatoms. The molecule has 0 saturated heterocycles. The van der Waals surface area contributed by atoms with Gasteiger partial charge in [-0.15, -0.1) is 0 Å².